The molecule has 0 radical (unpaired) electrons. The summed E-state index contributed by atoms with van der Waals surface area (Å²) in [5, 5.41) is 12.0. The smallest absolute Gasteiger partial charge is 0.126 e. The third kappa shape index (κ3) is 3.14. The predicted molar refractivity (Wildman–Crippen MR) is 52.4 cm³/mol. The number of rotatable bonds is 3. The molecule has 0 aliphatic rings. The van der Waals surface area contributed by atoms with Gasteiger partial charge in [0, 0.05) is 11.2 Å². The number of hydrogen-bond donors (Lipinski definition) is 1. The summed E-state index contributed by atoms with van der Waals surface area (Å²) in [5.41, 5.74) is 0.537. The van der Waals surface area contributed by atoms with Crippen LogP contribution in [0, 0.1) is 11.3 Å². The maximum absolute atomic E-state index is 8.50. The number of anilines is 1. The second kappa shape index (κ2) is 4.48. The van der Waals surface area contributed by atoms with E-state index in [1.807, 2.05) is 6.07 Å². The highest BCUT2D eigenvalue weighted by atomic mass is 35.5. The molecule has 1 aromatic rings. The number of hydrogen-bond acceptors (Lipinski definition) is 3. The van der Waals surface area contributed by atoms with E-state index in [0.29, 0.717) is 23.0 Å². The topological polar surface area (TPSA) is 48.7 Å². The fourth-order valence-corrected chi connectivity index (χ4v) is 0.818. The van der Waals surface area contributed by atoms with Crippen LogP contribution in [0.15, 0.2) is 29.9 Å². The van der Waals surface area contributed by atoms with Gasteiger partial charge in [0.15, 0.2) is 0 Å². The van der Waals surface area contributed by atoms with Gasteiger partial charge in [-0.1, -0.05) is 18.2 Å². The van der Waals surface area contributed by atoms with Crippen LogP contribution >= 0.6 is 11.6 Å². The minimum absolute atomic E-state index is 0.473. The zero-order valence-electron chi connectivity index (χ0n) is 6.92. The Kier molecular flexibility index (Phi) is 3.30. The third-order valence-electron chi connectivity index (χ3n) is 1.35. The van der Waals surface area contributed by atoms with E-state index in [9.17, 15) is 0 Å². The minimum Gasteiger partial charge on any atom is -0.365 e. The van der Waals surface area contributed by atoms with E-state index in [0.717, 1.165) is 0 Å². The first-order valence-corrected chi connectivity index (χ1v) is 4.03. The van der Waals surface area contributed by atoms with E-state index in [-0.39, 0.29) is 0 Å². The van der Waals surface area contributed by atoms with Gasteiger partial charge in [0.2, 0.25) is 0 Å². The largest absolute Gasteiger partial charge is 0.365 e. The van der Waals surface area contributed by atoms with Crippen molar-refractivity contribution in [1.82, 2.24) is 4.98 Å². The molecule has 0 aliphatic carbocycles. The zero-order valence-corrected chi connectivity index (χ0v) is 7.67. The average Bonchev–Trinajstić information content (AvgIpc) is 2.15. The second-order valence-corrected chi connectivity index (χ2v) is 2.95. The fourth-order valence-electron chi connectivity index (χ4n) is 0.751. The van der Waals surface area contributed by atoms with Crippen LogP contribution in [-0.2, 0) is 0 Å². The number of nitrogens with zero attached hydrogens (tertiary/aromatic N) is 2. The molecule has 4 heteroatoms. The lowest BCUT2D eigenvalue weighted by atomic mass is 10.3. The Morgan fingerprint density at radius 3 is 2.92 bits per heavy atom. The number of pyridine rings is 1. The molecule has 1 rings (SSSR count). The molecule has 0 fully saturated rings. The summed E-state index contributed by atoms with van der Waals surface area (Å²) in [6, 6.07) is 5.39. The van der Waals surface area contributed by atoms with E-state index < -0.39 is 0 Å². The summed E-state index contributed by atoms with van der Waals surface area (Å²) in [6.07, 6.45) is 1.50. The van der Waals surface area contributed by atoms with Crippen molar-refractivity contribution in [2.75, 3.05) is 11.9 Å². The molecule has 0 aromatic carbocycles. The number of halogens is 1. The fraction of sp³-hybridized carbons (Fsp3) is 0.111. The molecule has 0 saturated carbocycles. The third-order valence-corrected chi connectivity index (χ3v) is 1.49. The van der Waals surface area contributed by atoms with E-state index in [4.69, 9.17) is 16.9 Å². The van der Waals surface area contributed by atoms with Crippen LogP contribution in [0.3, 0.4) is 0 Å². The maximum atomic E-state index is 8.50. The number of nitriles is 1. The molecule has 3 nitrogen and oxygen atoms in total. The van der Waals surface area contributed by atoms with Gasteiger partial charge < -0.3 is 5.32 Å². The van der Waals surface area contributed by atoms with Crippen LogP contribution in [-0.4, -0.2) is 11.5 Å². The Morgan fingerprint density at radius 1 is 1.69 bits per heavy atom. The summed E-state index contributed by atoms with van der Waals surface area (Å²) in [7, 11) is 0. The highest BCUT2D eigenvalue weighted by Crippen LogP contribution is 2.05. The monoisotopic (exact) mass is 193 g/mol. The molecule has 0 aliphatic heterocycles. The van der Waals surface area contributed by atoms with Crippen molar-refractivity contribution in [3.05, 3.63) is 35.5 Å². The van der Waals surface area contributed by atoms with Crippen LogP contribution < -0.4 is 5.32 Å². The molecule has 0 spiro atoms. The van der Waals surface area contributed by atoms with E-state index in [1.165, 1.54) is 6.20 Å². The van der Waals surface area contributed by atoms with Gasteiger partial charge in [-0.15, -0.1) is 0 Å². The average molecular weight is 194 g/mol. The molecule has 0 atom stereocenters. The molecular formula is C9H8ClN3. The summed E-state index contributed by atoms with van der Waals surface area (Å²) in [6.45, 7) is 4.00. The Balaban J connectivity index is 2.60. The van der Waals surface area contributed by atoms with Crippen molar-refractivity contribution in [2.45, 2.75) is 0 Å². The molecule has 0 bridgehead atoms. The highest BCUT2D eigenvalue weighted by molar-refractivity contribution is 6.29. The van der Waals surface area contributed by atoms with Crippen LogP contribution in [0.25, 0.3) is 0 Å². The van der Waals surface area contributed by atoms with Crippen LogP contribution in [0.5, 0.6) is 0 Å². The second-order valence-electron chi connectivity index (χ2n) is 2.41. The molecular weight excluding hydrogens is 186 g/mol. The van der Waals surface area contributed by atoms with Crippen molar-refractivity contribution in [3.8, 4) is 6.07 Å². The quantitative estimate of drug-likeness (QED) is 0.800. The van der Waals surface area contributed by atoms with Crippen LogP contribution in [0.1, 0.15) is 5.56 Å². The Labute approximate surface area is 81.7 Å². The van der Waals surface area contributed by atoms with Gasteiger partial charge in [-0.25, -0.2) is 4.98 Å². The normalized spacial score (nSPS) is 8.92. The van der Waals surface area contributed by atoms with Gasteiger partial charge in [-0.2, -0.15) is 5.26 Å². The first kappa shape index (κ1) is 9.56. The first-order chi connectivity index (χ1) is 6.22. The van der Waals surface area contributed by atoms with Gasteiger partial charge >= 0.3 is 0 Å². The highest BCUT2D eigenvalue weighted by Gasteiger charge is 1.94. The lowest BCUT2D eigenvalue weighted by molar-refractivity contribution is 1.21. The van der Waals surface area contributed by atoms with Crippen molar-refractivity contribution in [2.24, 2.45) is 0 Å². The molecule has 0 amide bonds. The molecule has 1 heterocycles. The van der Waals surface area contributed by atoms with Crippen molar-refractivity contribution >= 4 is 17.4 Å². The number of aromatic nitrogens is 1. The van der Waals surface area contributed by atoms with Crippen molar-refractivity contribution < 1.29 is 0 Å². The molecule has 66 valence electrons. The van der Waals surface area contributed by atoms with Gasteiger partial charge in [0.1, 0.15) is 11.9 Å². The molecule has 0 saturated heterocycles. The minimum atomic E-state index is 0.473. The SMILES string of the molecule is C=C(Cl)CNc1ccc(C#N)cn1. The Morgan fingerprint density at radius 2 is 2.46 bits per heavy atom. The predicted octanol–water partition coefficient (Wildman–Crippen LogP) is 2.12. The Bertz CT molecular complexity index is 337. The lowest BCUT2D eigenvalue weighted by Crippen LogP contribution is -2.02. The van der Waals surface area contributed by atoms with E-state index >= 15 is 0 Å². The standard InChI is InChI=1S/C9H8ClN3/c1-7(10)5-12-9-3-2-8(4-11)6-13-9/h2-3,6H,1,5H2,(H,12,13). The summed E-state index contributed by atoms with van der Waals surface area (Å²) < 4.78 is 0. The van der Waals surface area contributed by atoms with Crippen molar-refractivity contribution in [3.63, 3.8) is 0 Å². The summed E-state index contributed by atoms with van der Waals surface area (Å²) >= 11 is 5.55. The zero-order chi connectivity index (χ0) is 9.68. The first-order valence-electron chi connectivity index (χ1n) is 3.65. The van der Waals surface area contributed by atoms with Gasteiger partial charge in [0.25, 0.3) is 0 Å². The van der Waals surface area contributed by atoms with Gasteiger partial charge in [-0.05, 0) is 12.1 Å². The molecule has 1 aromatic heterocycles. The maximum Gasteiger partial charge on any atom is 0.126 e. The summed E-state index contributed by atoms with van der Waals surface area (Å²) in [5.74, 6) is 0.681. The van der Waals surface area contributed by atoms with E-state index in [2.05, 4.69) is 16.9 Å². The van der Waals surface area contributed by atoms with Crippen LogP contribution in [0.2, 0.25) is 0 Å². The molecule has 0 unspecified atom stereocenters. The van der Waals surface area contributed by atoms with Gasteiger partial charge in [0.05, 0.1) is 12.1 Å². The molecule has 1 N–H and O–H groups in total. The molecule has 13 heavy (non-hydrogen) atoms. The lowest BCUT2D eigenvalue weighted by Gasteiger charge is -2.02. The van der Waals surface area contributed by atoms with Crippen molar-refractivity contribution in [1.29, 1.82) is 5.26 Å². The summed E-state index contributed by atoms with van der Waals surface area (Å²) in [4.78, 5) is 3.99. The van der Waals surface area contributed by atoms with Crippen LogP contribution in [0.4, 0.5) is 5.82 Å². The van der Waals surface area contributed by atoms with E-state index in [1.54, 1.807) is 12.1 Å². The van der Waals surface area contributed by atoms with Gasteiger partial charge in [-0.3, -0.25) is 0 Å². The number of nitrogens with one attached hydrogen (secondary N) is 1. The Hall–Kier alpha value is -1.53.